The number of hydrogen-bond acceptors (Lipinski definition) is 5. The Morgan fingerprint density at radius 2 is 1.95 bits per heavy atom. The Morgan fingerprint density at radius 3 is 2.55 bits per heavy atom. The minimum absolute atomic E-state index is 0.00621. The number of amides is 1. The first-order chi connectivity index (χ1) is 10.3. The van der Waals surface area contributed by atoms with E-state index >= 15 is 0 Å². The molecule has 1 N–H and O–H groups in total. The Kier molecular flexibility index (Phi) is 5.05. The van der Waals surface area contributed by atoms with Crippen molar-refractivity contribution >= 4 is 33.3 Å². The van der Waals surface area contributed by atoms with Crippen LogP contribution >= 0.6 is 11.6 Å². The minimum Gasteiger partial charge on any atom is -0.479 e. The van der Waals surface area contributed by atoms with Crippen LogP contribution in [0.2, 0.25) is 5.02 Å². The first-order valence-electron chi connectivity index (χ1n) is 6.40. The zero-order chi connectivity index (χ0) is 16.3. The van der Waals surface area contributed by atoms with Gasteiger partial charge in [-0.25, -0.2) is 13.2 Å². The number of sulfone groups is 1. The number of carbonyl (C=O) groups excluding carboxylic acids is 1. The molecule has 1 fully saturated rings. The largest absolute Gasteiger partial charge is 0.479 e. The van der Waals surface area contributed by atoms with Crippen molar-refractivity contribution in [1.82, 2.24) is 4.90 Å². The number of hydrogen-bond donors (Lipinski definition) is 1. The number of ether oxygens (including phenoxy) is 1. The topological polar surface area (TPSA) is 101 Å². The van der Waals surface area contributed by atoms with Gasteiger partial charge in [0.15, 0.2) is 15.9 Å². The predicted octanol–water partition coefficient (Wildman–Crippen LogP) is 0.426. The molecule has 2 rings (SSSR count). The lowest BCUT2D eigenvalue weighted by atomic mass is 10.3. The van der Waals surface area contributed by atoms with Crippen molar-refractivity contribution in [3.8, 4) is 0 Å². The molecule has 1 aliphatic heterocycles. The Hall–Kier alpha value is -1.64. The van der Waals surface area contributed by atoms with Crippen LogP contribution in [-0.4, -0.2) is 61.9 Å². The number of aliphatic carboxylic acids is 1. The lowest BCUT2D eigenvalue weighted by Gasteiger charge is -2.30. The van der Waals surface area contributed by atoms with Gasteiger partial charge in [0.25, 0.3) is 0 Å². The summed E-state index contributed by atoms with van der Waals surface area (Å²) in [4.78, 5) is 24.1. The highest BCUT2D eigenvalue weighted by Crippen LogP contribution is 2.16. The summed E-state index contributed by atoms with van der Waals surface area (Å²) < 4.78 is 29.3. The maximum atomic E-state index is 12.2. The van der Waals surface area contributed by atoms with E-state index in [4.69, 9.17) is 21.4 Å². The van der Waals surface area contributed by atoms with Gasteiger partial charge in [0.2, 0.25) is 5.91 Å². The van der Waals surface area contributed by atoms with Crippen molar-refractivity contribution in [2.24, 2.45) is 0 Å². The van der Waals surface area contributed by atoms with E-state index in [0.29, 0.717) is 5.02 Å². The highest BCUT2D eigenvalue weighted by Gasteiger charge is 2.31. The molecule has 0 aromatic heterocycles. The van der Waals surface area contributed by atoms with Gasteiger partial charge in [0, 0.05) is 11.6 Å². The average Bonchev–Trinajstić information content (AvgIpc) is 2.47. The second kappa shape index (κ2) is 6.64. The van der Waals surface area contributed by atoms with Crippen LogP contribution in [0.3, 0.4) is 0 Å². The van der Waals surface area contributed by atoms with Gasteiger partial charge in [-0.2, -0.15) is 0 Å². The van der Waals surface area contributed by atoms with Gasteiger partial charge in [0.05, 0.1) is 18.0 Å². The predicted molar refractivity (Wildman–Crippen MR) is 77.5 cm³/mol. The SMILES string of the molecule is O=C(O)C1CN(C(=O)CS(=O)(=O)c2ccc(Cl)cc2)CCO1. The maximum absolute atomic E-state index is 12.2. The van der Waals surface area contributed by atoms with E-state index in [0.717, 1.165) is 0 Å². The van der Waals surface area contributed by atoms with Gasteiger partial charge in [-0.15, -0.1) is 0 Å². The molecule has 120 valence electrons. The number of carboxylic acid groups (broad SMARTS) is 1. The zero-order valence-electron chi connectivity index (χ0n) is 11.4. The molecule has 1 saturated heterocycles. The van der Waals surface area contributed by atoms with Crippen LogP contribution in [0.1, 0.15) is 0 Å². The van der Waals surface area contributed by atoms with Crippen LogP contribution in [0.15, 0.2) is 29.2 Å². The molecule has 22 heavy (non-hydrogen) atoms. The molecule has 1 aliphatic rings. The van der Waals surface area contributed by atoms with Gasteiger partial charge >= 0.3 is 5.97 Å². The van der Waals surface area contributed by atoms with Crippen LogP contribution in [0.25, 0.3) is 0 Å². The van der Waals surface area contributed by atoms with Gasteiger partial charge < -0.3 is 14.7 Å². The standard InChI is InChI=1S/C13H14ClNO6S/c14-9-1-3-10(4-2-9)22(19,20)8-12(16)15-5-6-21-11(7-15)13(17)18/h1-4,11H,5-8H2,(H,17,18). The third-order valence-electron chi connectivity index (χ3n) is 3.18. The Labute approximate surface area is 132 Å². The van der Waals surface area contributed by atoms with E-state index in [2.05, 4.69) is 0 Å². The molecule has 9 heteroatoms. The molecule has 0 saturated carbocycles. The third kappa shape index (κ3) is 3.96. The number of carboxylic acids is 1. The maximum Gasteiger partial charge on any atom is 0.334 e. The number of rotatable bonds is 4. The van der Waals surface area contributed by atoms with E-state index in [-0.39, 0.29) is 24.6 Å². The molecule has 1 atom stereocenters. The van der Waals surface area contributed by atoms with Gasteiger partial charge in [-0.3, -0.25) is 4.79 Å². The number of morpholine rings is 1. The first-order valence-corrected chi connectivity index (χ1v) is 8.43. The van der Waals surface area contributed by atoms with E-state index < -0.39 is 33.6 Å². The monoisotopic (exact) mass is 347 g/mol. The fourth-order valence-corrected chi connectivity index (χ4v) is 3.36. The molecule has 1 amide bonds. The second-order valence-electron chi connectivity index (χ2n) is 4.75. The zero-order valence-corrected chi connectivity index (χ0v) is 13.0. The molecule has 0 radical (unpaired) electrons. The van der Waals surface area contributed by atoms with E-state index in [9.17, 15) is 18.0 Å². The Morgan fingerprint density at radius 1 is 1.32 bits per heavy atom. The summed E-state index contributed by atoms with van der Waals surface area (Å²) >= 11 is 5.70. The van der Waals surface area contributed by atoms with Crippen molar-refractivity contribution in [3.63, 3.8) is 0 Å². The molecule has 0 spiro atoms. The number of carbonyl (C=O) groups is 2. The second-order valence-corrected chi connectivity index (χ2v) is 7.18. The number of nitrogens with zero attached hydrogens (tertiary/aromatic N) is 1. The lowest BCUT2D eigenvalue weighted by molar-refractivity contribution is -0.158. The number of halogens is 1. The van der Waals surface area contributed by atoms with Crippen molar-refractivity contribution in [2.45, 2.75) is 11.0 Å². The highest BCUT2D eigenvalue weighted by molar-refractivity contribution is 7.92. The molecule has 1 aromatic rings. The van der Waals surface area contributed by atoms with E-state index in [1.165, 1.54) is 29.2 Å². The summed E-state index contributed by atoms with van der Waals surface area (Å²) in [5, 5.41) is 9.27. The van der Waals surface area contributed by atoms with E-state index in [1.807, 2.05) is 0 Å². The minimum atomic E-state index is -3.80. The summed E-state index contributed by atoms with van der Waals surface area (Å²) in [6, 6.07) is 5.50. The van der Waals surface area contributed by atoms with Crippen LogP contribution in [-0.2, 0) is 24.2 Å². The van der Waals surface area contributed by atoms with Crippen molar-refractivity contribution < 1.29 is 27.9 Å². The van der Waals surface area contributed by atoms with Crippen LogP contribution < -0.4 is 0 Å². The quantitative estimate of drug-likeness (QED) is 0.847. The molecule has 1 aromatic carbocycles. The third-order valence-corrected chi connectivity index (χ3v) is 5.05. The van der Waals surface area contributed by atoms with Crippen LogP contribution in [0.5, 0.6) is 0 Å². The van der Waals surface area contributed by atoms with Crippen molar-refractivity contribution in [3.05, 3.63) is 29.3 Å². The highest BCUT2D eigenvalue weighted by atomic mass is 35.5. The molecule has 0 bridgehead atoms. The summed E-state index contributed by atoms with van der Waals surface area (Å²) in [7, 11) is -3.80. The Bertz CT molecular complexity index is 672. The Balaban J connectivity index is 2.07. The summed E-state index contributed by atoms with van der Waals surface area (Å²) in [6.45, 7) is 0.0623. The fourth-order valence-electron chi connectivity index (χ4n) is 2.00. The average molecular weight is 348 g/mol. The first kappa shape index (κ1) is 16.7. The van der Waals surface area contributed by atoms with Crippen LogP contribution in [0, 0.1) is 0 Å². The van der Waals surface area contributed by atoms with E-state index in [1.54, 1.807) is 0 Å². The van der Waals surface area contributed by atoms with Gasteiger partial charge in [0.1, 0.15) is 5.75 Å². The molecular weight excluding hydrogens is 334 g/mol. The molecular formula is C13H14ClNO6S. The van der Waals surface area contributed by atoms with Crippen LogP contribution in [0.4, 0.5) is 0 Å². The van der Waals surface area contributed by atoms with Crippen molar-refractivity contribution in [2.75, 3.05) is 25.4 Å². The lowest BCUT2D eigenvalue weighted by Crippen LogP contribution is -2.50. The summed E-state index contributed by atoms with van der Waals surface area (Å²) in [5.74, 6) is -2.55. The van der Waals surface area contributed by atoms with Gasteiger partial charge in [-0.05, 0) is 24.3 Å². The number of benzene rings is 1. The normalized spacial score (nSPS) is 19.0. The smallest absolute Gasteiger partial charge is 0.334 e. The molecule has 1 unspecified atom stereocenters. The van der Waals surface area contributed by atoms with Gasteiger partial charge in [-0.1, -0.05) is 11.6 Å². The van der Waals surface area contributed by atoms with Crippen molar-refractivity contribution in [1.29, 1.82) is 0 Å². The molecule has 0 aliphatic carbocycles. The summed E-state index contributed by atoms with van der Waals surface area (Å²) in [5.41, 5.74) is 0. The summed E-state index contributed by atoms with van der Waals surface area (Å²) in [6.07, 6.45) is -1.13. The molecule has 7 nitrogen and oxygen atoms in total. The molecule has 1 heterocycles. The fraction of sp³-hybridized carbons (Fsp3) is 0.385.